The molecule has 2 aromatic rings. The quantitative estimate of drug-likeness (QED) is 0.616. The number of nitrogens with zero attached hydrogens (tertiary/aromatic N) is 3. The van der Waals surface area contributed by atoms with Crippen LogP contribution in [-0.4, -0.2) is 36.9 Å². The van der Waals surface area contributed by atoms with Crippen LogP contribution in [0.1, 0.15) is 5.56 Å². The van der Waals surface area contributed by atoms with Crippen molar-refractivity contribution >= 4 is 51.2 Å². The summed E-state index contributed by atoms with van der Waals surface area (Å²) in [5.41, 5.74) is 1.83. The van der Waals surface area contributed by atoms with Crippen LogP contribution in [0.4, 0.5) is 16.2 Å². The van der Waals surface area contributed by atoms with Gasteiger partial charge in [-0.3, -0.25) is 19.9 Å². The molecular weight excluding hydrogens is 400 g/mol. The number of hydrogen-bond donors (Lipinski definition) is 1. The summed E-state index contributed by atoms with van der Waals surface area (Å²) in [6, 6.07) is 7.72. The lowest BCUT2D eigenvalue weighted by Gasteiger charge is -2.26. The van der Waals surface area contributed by atoms with Crippen LogP contribution < -0.4 is 15.1 Å². The van der Waals surface area contributed by atoms with E-state index in [9.17, 15) is 14.4 Å². The van der Waals surface area contributed by atoms with Gasteiger partial charge >= 0.3 is 6.03 Å². The summed E-state index contributed by atoms with van der Waals surface area (Å²) in [6.07, 6.45) is 4.39. The third-order valence-electron chi connectivity index (χ3n) is 3.79. The van der Waals surface area contributed by atoms with Crippen LogP contribution in [0.2, 0.25) is 0 Å². The summed E-state index contributed by atoms with van der Waals surface area (Å²) >= 11 is 3.47. The average molecular weight is 415 g/mol. The lowest BCUT2D eigenvalue weighted by atomic mass is 10.1. The minimum Gasteiger partial charge on any atom is -0.377 e. The number of aromatic nitrogens is 1. The van der Waals surface area contributed by atoms with Crippen molar-refractivity contribution in [2.75, 3.05) is 23.9 Å². The van der Waals surface area contributed by atoms with Gasteiger partial charge in [0.25, 0.3) is 11.8 Å². The summed E-state index contributed by atoms with van der Waals surface area (Å²) in [4.78, 5) is 43.7. The Morgan fingerprint density at radius 3 is 2.42 bits per heavy atom. The number of halogens is 1. The minimum atomic E-state index is -0.785. The van der Waals surface area contributed by atoms with Gasteiger partial charge in [0.15, 0.2) is 0 Å². The molecule has 0 unspecified atom stereocenters. The first-order valence-electron chi connectivity index (χ1n) is 7.67. The van der Waals surface area contributed by atoms with E-state index < -0.39 is 17.8 Å². The molecule has 0 saturated carbocycles. The highest BCUT2D eigenvalue weighted by Crippen LogP contribution is 2.27. The van der Waals surface area contributed by atoms with Crippen LogP contribution in [0.25, 0.3) is 6.08 Å². The number of nitrogens with one attached hydrogen (secondary N) is 1. The number of urea groups is 1. The van der Waals surface area contributed by atoms with Gasteiger partial charge in [0.1, 0.15) is 5.57 Å². The maximum atomic E-state index is 12.7. The average Bonchev–Trinajstić information content (AvgIpc) is 2.59. The molecule has 1 aliphatic rings. The molecule has 0 atom stereocenters. The molecule has 26 heavy (non-hydrogen) atoms. The second kappa shape index (κ2) is 7.09. The predicted octanol–water partition coefficient (Wildman–Crippen LogP) is 2.58. The minimum absolute atomic E-state index is 0.120. The maximum Gasteiger partial charge on any atom is 0.335 e. The second-order valence-corrected chi connectivity index (χ2v) is 6.62. The van der Waals surface area contributed by atoms with Crippen LogP contribution in [0.5, 0.6) is 0 Å². The van der Waals surface area contributed by atoms with E-state index in [1.165, 1.54) is 30.6 Å². The van der Waals surface area contributed by atoms with Crippen molar-refractivity contribution in [2.24, 2.45) is 0 Å². The highest BCUT2D eigenvalue weighted by atomic mass is 79.9. The number of carbonyl (C=O) groups is 3. The predicted molar refractivity (Wildman–Crippen MR) is 102 cm³/mol. The van der Waals surface area contributed by atoms with E-state index in [-0.39, 0.29) is 5.57 Å². The number of anilines is 2. The van der Waals surface area contributed by atoms with Crippen LogP contribution in [-0.2, 0) is 9.59 Å². The summed E-state index contributed by atoms with van der Waals surface area (Å²) < 4.78 is 0.822. The van der Waals surface area contributed by atoms with Crippen LogP contribution in [0, 0.1) is 0 Å². The maximum absolute atomic E-state index is 12.7. The largest absolute Gasteiger partial charge is 0.377 e. The van der Waals surface area contributed by atoms with E-state index in [2.05, 4.69) is 26.2 Å². The molecular formula is C18H15BrN4O3. The Morgan fingerprint density at radius 2 is 1.81 bits per heavy atom. The fourth-order valence-electron chi connectivity index (χ4n) is 2.53. The monoisotopic (exact) mass is 414 g/mol. The van der Waals surface area contributed by atoms with Gasteiger partial charge < -0.3 is 4.90 Å². The van der Waals surface area contributed by atoms with Crippen molar-refractivity contribution in [3.63, 3.8) is 0 Å². The van der Waals surface area contributed by atoms with E-state index >= 15 is 0 Å². The van der Waals surface area contributed by atoms with Crippen LogP contribution >= 0.6 is 15.9 Å². The second-order valence-electron chi connectivity index (χ2n) is 5.77. The molecule has 8 heteroatoms. The number of carbonyl (C=O) groups excluding carboxylic acids is 3. The molecule has 1 aromatic heterocycles. The molecule has 4 amide bonds. The topological polar surface area (TPSA) is 82.6 Å². The molecule has 1 fully saturated rings. The van der Waals surface area contributed by atoms with Crippen LogP contribution in [0.15, 0.2) is 52.8 Å². The Bertz CT molecular complexity index is 925. The first-order valence-corrected chi connectivity index (χ1v) is 8.46. The Morgan fingerprint density at radius 1 is 1.12 bits per heavy atom. The number of barbiturate groups is 1. The molecule has 2 heterocycles. The zero-order chi connectivity index (χ0) is 18.8. The van der Waals surface area contributed by atoms with E-state index in [1.807, 2.05) is 25.1 Å². The SMILES string of the molecule is CN(C)c1ccc(/C=C2/C(=O)NC(=O)N(c3ccncc3)C2=O)cc1Br. The van der Waals surface area contributed by atoms with Crippen LogP contribution in [0.3, 0.4) is 0 Å². The summed E-state index contributed by atoms with van der Waals surface area (Å²) in [5.74, 6) is -1.41. The van der Waals surface area contributed by atoms with Crippen molar-refractivity contribution in [3.05, 3.63) is 58.3 Å². The van der Waals surface area contributed by atoms with Gasteiger partial charge in [0, 0.05) is 31.0 Å². The number of imide groups is 2. The molecule has 1 saturated heterocycles. The number of pyridine rings is 1. The zero-order valence-electron chi connectivity index (χ0n) is 14.1. The van der Waals surface area contributed by atoms with Gasteiger partial charge in [-0.2, -0.15) is 0 Å². The Hall–Kier alpha value is -3.00. The molecule has 1 N–H and O–H groups in total. The van der Waals surface area contributed by atoms with Gasteiger partial charge in [-0.1, -0.05) is 6.07 Å². The summed E-state index contributed by atoms with van der Waals surface area (Å²) in [6.45, 7) is 0. The highest BCUT2D eigenvalue weighted by Gasteiger charge is 2.36. The molecule has 132 valence electrons. The molecule has 0 aliphatic carbocycles. The molecule has 7 nitrogen and oxygen atoms in total. The number of amides is 4. The number of benzene rings is 1. The van der Waals surface area contributed by atoms with Crippen molar-refractivity contribution in [2.45, 2.75) is 0 Å². The molecule has 3 rings (SSSR count). The molecule has 0 spiro atoms. The normalized spacial score (nSPS) is 16.0. The fourth-order valence-corrected chi connectivity index (χ4v) is 3.28. The lowest BCUT2D eigenvalue weighted by molar-refractivity contribution is -0.122. The van der Waals surface area contributed by atoms with Crippen molar-refractivity contribution in [1.29, 1.82) is 0 Å². The highest BCUT2D eigenvalue weighted by molar-refractivity contribution is 9.10. The van der Waals surface area contributed by atoms with E-state index in [0.717, 1.165) is 15.1 Å². The Labute approximate surface area is 158 Å². The van der Waals surface area contributed by atoms with E-state index in [0.29, 0.717) is 11.3 Å². The van der Waals surface area contributed by atoms with Gasteiger partial charge in [-0.15, -0.1) is 0 Å². The summed E-state index contributed by atoms with van der Waals surface area (Å²) in [7, 11) is 3.82. The molecule has 1 aromatic carbocycles. The van der Waals surface area contributed by atoms with Gasteiger partial charge in [-0.25, -0.2) is 9.69 Å². The lowest BCUT2D eigenvalue weighted by Crippen LogP contribution is -2.54. The number of hydrogen-bond acceptors (Lipinski definition) is 5. The van der Waals surface area contributed by atoms with Gasteiger partial charge in [0.05, 0.1) is 11.4 Å². The first kappa shape index (κ1) is 17.8. The van der Waals surface area contributed by atoms with Crippen molar-refractivity contribution in [1.82, 2.24) is 10.3 Å². The smallest absolute Gasteiger partial charge is 0.335 e. The van der Waals surface area contributed by atoms with E-state index in [1.54, 1.807) is 12.1 Å². The fraction of sp³-hybridized carbons (Fsp3) is 0.111. The van der Waals surface area contributed by atoms with Gasteiger partial charge in [-0.05, 0) is 51.8 Å². The molecule has 1 aliphatic heterocycles. The zero-order valence-corrected chi connectivity index (χ0v) is 15.6. The first-order chi connectivity index (χ1) is 12.4. The number of rotatable bonds is 3. The Balaban J connectivity index is 1.99. The molecule has 0 radical (unpaired) electrons. The van der Waals surface area contributed by atoms with E-state index in [4.69, 9.17) is 0 Å². The standard InChI is InChI=1S/C18H15BrN4O3/c1-22(2)15-4-3-11(10-14(15)19)9-13-16(24)21-18(26)23(17(13)25)12-5-7-20-8-6-12/h3-10H,1-2H3,(H,21,24,26)/b13-9-. The summed E-state index contributed by atoms with van der Waals surface area (Å²) in [5, 5.41) is 2.19. The van der Waals surface area contributed by atoms with Crippen molar-refractivity contribution in [3.8, 4) is 0 Å². The molecule has 0 bridgehead atoms. The van der Waals surface area contributed by atoms with Gasteiger partial charge in [0.2, 0.25) is 0 Å². The van der Waals surface area contributed by atoms with Crippen molar-refractivity contribution < 1.29 is 14.4 Å². The Kier molecular flexibility index (Phi) is 4.85. The third-order valence-corrected chi connectivity index (χ3v) is 4.42. The third kappa shape index (κ3) is 3.36.